The van der Waals surface area contributed by atoms with Crippen LogP contribution in [-0.2, 0) is 6.54 Å². The van der Waals surface area contributed by atoms with Crippen LogP contribution in [0.3, 0.4) is 0 Å². The van der Waals surface area contributed by atoms with Crippen LogP contribution >= 0.6 is 23.2 Å². The number of ether oxygens (including phenoxy) is 1. The molecule has 1 N–H and O–H groups in total. The number of nitrogens with zero attached hydrogens (tertiary/aromatic N) is 2. The highest BCUT2D eigenvalue weighted by molar-refractivity contribution is 6.30. The van der Waals surface area contributed by atoms with Crippen LogP contribution in [0.1, 0.15) is 33.2 Å². The smallest absolute Gasteiger partial charge is 0.273 e. The average molecular weight is 464 g/mol. The number of nitrogens with one attached hydrogen (secondary N) is 1. The molecule has 1 aromatic heterocycles. The normalized spacial score (nSPS) is 15.2. The standard InChI is InChI=1S/C25H19Cl2N3O2/c1-32-20-12-6-16(7-13-20)22-21-23(29-28-22)25(31)30(14-15-2-8-18(26)9-3-15)24(21)17-4-10-19(27)11-5-17/h2-13,24H,14H2,1H3,(H,28,29). The number of rotatable bonds is 5. The first-order valence-corrected chi connectivity index (χ1v) is 10.8. The van der Waals surface area contributed by atoms with E-state index >= 15 is 0 Å². The molecule has 1 amide bonds. The van der Waals surface area contributed by atoms with E-state index in [1.807, 2.05) is 77.7 Å². The summed E-state index contributed by atoms with van der Waals surface area (Å²) < 4.78 is 5.28. The first kappa shape index (κ1) is 20.6. The van der Waals surface area contributed by atoms with Crippen LogP contribution in [0.4, 0.5) is 0 Å². The van der Waals surface area contributed by atoms with Crippen molar-refractivity contribution in [3.05, 3.63) is 105 Å². The number of aromatic nitrogens is 2. The summed E-state index contributed by atoms with van der Waals surface area (Å²) >= 11 is 12.2. The van der Waals surface area contributed by atoms with Crippen molar-refractivity contribution in [1.82, 2.24) is 15.1 Å². The average Bonchev–Trinajstić information content (AvgIpc) is 3.35. The summed E-state index contributed by atoms with van der Waals surface area (Å²) in [5.41, 5.74) is 4.97. The Balaban J connectivity index is 1.61. The Kier molecular flexibility index (Phi) is 5.37. The van der Waals surface area contributed by atoms with Crippen molar-refractivity contribution in [3.63, 3.8) is 0 Å². The summed E-state index contributed by atoms with van der Waals surface area (Å²) in [4.78, 5) is 15.3. The number of carbonyl (C=O) groups is 1. The molecule has 0 spiro atoms. The van der Waals surface area contributed by atoms with Gasteiger partial charge in [0.25, 0.3) is 5.91 Å². The Labute approximate surface area is 195 Å². The fraction of sp³-hybridized carbons (Fsp3) is 0.120. The zero-order chi connectivity index (χ0) is 22.2. The second kappa shape index (κ2) is 8.34. The molecule has 0 radical (unpaired) electrons. The number of aromatic amines is 1. The van der Waals surface area contributed by atoms with Crippen LogP contribution in [0.25, 0.3) is 11.3 Å². The number of amides is 1. The molecule has 32 heavy (non-hydrogen) atoms. The molecular formula is C25H19Cl2N3O2. The molecule has 5 rings (SSSR count). The predicted octanol–water partition coefficient (Wildman–Crippen LogP) is 6.14. The van der Waals surface area contributed by atoms with E-state index in [0.717, 1.165) is 33.7 Å². The molecule has 1 aliphatic rings. The van der Waals surface area contributed by atoms with Gasteiger partial charge in [-0.25, -0.2) is 0 Å². The Bertz CT molecular complexity index is 1270. The third-order valence-electron chi connectivity index (χ3n) is 5.68. The first-order valence-electron chi connectivity index (χ1n) is 10.1. The third kappa shape index (κ3) is 3.64. The highest BCUT2D eigenvalue weighted by Gasteiger charge is 2.42. The number of H-pyrrole nitrogens is 1. The third-order valence-corrected chi connectivity index (χ3v) is 6.18. The molecule has 5 nitrogen and oxygen atoms in total. The van der Waals surface area contributed by atoms with E-state index in [-0.39, 0.29) is 11.9 Å². The van der Waals surface area contributed by atoms with Gasteiger partial charge in [-0.2, -0.15) is 5.10 Å². The van der Waals surface area contributed by atoms with Gasteiger partial charge in [0.15, 0.2) is 0 Å². The molecule has 160 valence electrons. The number of hydrogen-bond acceptors (Lipinski definition) is 3. The van der Waals surface area contributed by atoms with Gasteiger partial charge in [0.2, 0.25) is 0 Å². The highest BCUT2D eigenvalue weighted by Crippen LogP contribution is 2.43. The van der Waals surface area contributed by atoms with E-state index in [0.29, 0.717) is 22.3 Å². The summed E-state index contributed by atoms with van der Waals surface area (Å²) in [6, 6.07) is 22.5. The van der Waals surface area contributed by atoms with E-state index in [4.69, 9.17) is 27.9 Å². The number of benzene rings is 3. The molecule has 0 aliphatic carbocycles. The number of fused-ring (bicyclic) bond motifs is 1. The van der Waals surface area contributed by atoms with Crippen LogP contribution in [-0.4, -0.2) is 28.1 Å². The van der Waals surface area contributed by atoms with E-state index in [2.05, 4.69) is 10.2 Å². The van der Waals surface area contributed by atoms with Gasteiger partial charge in [-0.1, -0.05) is 47.5 Å². The molecular weight excluding hydrogens is 445 g/mol. The Morgan fingerprint density at radius 2 is 1.56 bits per heavy atom. The van der Waals surface area contributed by atoms with E-state index < -0.39 is 0 Å². The minimum atomic E-state index is -0.304. The maximum absolute atomic E-state index is 13.4. The molecule has 2 heterocycles. The van der Waals surface area contributed by atoms with Gasteiger partial charge >= 0.3 is 0 Å². The molecule has 3 aromatic carbocycles. The number of carbonyl (C=O) groups excluding carboxylic acids is 1. The monoisotopic (exact) mass is 463 g/mol. The van der Waals surface area contributed by atoms with Crippen molar-refractivity contribution in [2.24, 2.45) is 0 Å². The molecule has 1 aliphatic heterocycles. The largest absolute Gasteiger partial charge is 0.497 e. The lowest BCUT2D eigenvalue weighted by Gasteiger charge is -2.26. The first-order chi connectivity index (χ1) is 15.5. The van der Waals surface area contributed by atoms with Crippen LogP contribution in [0.2, 0.25) is 10.0 Å². The van der Waals surface area contributed by atoms with Crippen LogP contribution in [0, 0.1) is 0 Å². The summed E-state index contributed by atoms with van der Waals surface area (Å²) in [6.45, 7) is 0.438. The lowest BCUT2D eigenvalue weighted by molar-refractivity contribution is 0.0730. The van der Waals surface area contributed by atoms with Crippen molar-refractivity contribution in [1.29, 1.82) is 0 Å². The lowest BCUT2D eigenvalue weighted by atomic mass is 9.96. The van der Waals surface area contributed by atoms with Crippen molar-refractivity contribution in [2.45, 2.75) is 12.6 Å². The fourth-order valence-electron chi connectivity index (χ4n) is 4.11. The van der Waals surface area contributed by atoms with Crippen molar-refractivity contribution < 1.29 is 9.53 Å². The second-order valence-electron chi connectivity index (χ2n) is 7.60. The van der Waals surface area contributed by atoms with Gasteiger partial charge < -0.3 is 9.64 Å². The number of methoxy groups -OCH3 is 1. The summed E-state index contributed by atoms with van der Waals surface area (Å²) in [7, 11) is 1.63. The van der Waals surface area contributed by atoms with Gasteiger partial charge in [0.05, 0.1) is 18.8 Å². The molecule has 0 bridgehead atoms. The van der Waals surface area contributed by atoms with E-state index in [1.54, 1.807) is 7.11 Å². The summed E-state index contributed by atoms with van der Waals surface area (Å²) in [6.07, 6.45) is 0. The zero-order valence-corrected chi connectivity index (χ0v) is 18.7. The van der Waals surface area contributed by atoms with E-state index in [9.17, 15) is 4.79 Å². The topological polar surface area (TPSA) is 58.2 Å². The van der Waals surface area contributed by atoms with Crippen LogP contribution in [0.15, 0.2) is 72.8 Å². The fourth-order valence-corrected chi connectivity index (χ4v) is 4.36. The van der Waals surface area contributed by atoms with Crippen molar-refractivity contribution >= 4 is 29.1 Å². The minimum absolute atomic E-state index is 0.0952. The van der Waals surface area contributed by atoms with Crippen LogP contribution in [0.5, 0.6) is 5.75 Å². The van der Waals surface area contributed by atoms with Crippen LogP contribution < -0.4 is 4.74 Å². The van der Waals surface area contributed by atoms with Crippen molar-refractivity contribution in [3.8, 4) is 17.0 Å². The SMILES string of the molecule is COc1ccc(-c2n[nH]c3c2C(c2ccc(Cl)cc2)N(Cc2ccc(Cl)cc2)C3=O)cc1. The summed E-state index contributed by atoms with van der Waals surface area (Å²) in [5.74, 6) is 0.665. The molecule has 1 atom stereocenters. The maximum atomic E-state index is 13.4. The Morgan fingerprint density at radius 1 is 0.938 bits per heavy atom. The molecule has 0 saturated carbocycles. The quantitative estimate of drug-likeness (QED) is 0.386. The Morgan fingerprint density at radius 3 is 2.19 bits per heavy atom. The predicted molar refractivity (Wildman–Crippen MR) is 125 cm³/mol. The van der Waals surface area contributed by atoms with E-state index in [1.165, 1.54) is 0 Å². The lowest BCUT2D eigenvalue weighted by Crippen LogP contribution is -2.29. The molecule has 0 fully saturated rings. The molecule has 0 saturated heterocycles. The maximum Gasteiger partial charge on any atom is 0.273 e. The van der Waals surface area contributed by atoms with Gasteiger partial charge in [-0.05, 0) is 59.7 Å². The molecule has 7 heteroatoms. The number of halogens is 2. The Hall–Kier alpha value is -3.28. The van der Waals surface area contributed by atoms with Crippen molar-refractivity contribution in [2.75, 3.05) is 7.11 Å². The molecule has 1 unspecified atom stereocenters. The number of hydrogen-bond donors (Lipinski definition) is 1. The van der Waals surface area contributed by atoms with Gasteiger partial charge in [0, 0.05) is 27.7 Å². The van der Waals surface area contributed by atoms with Gasteiger partial charge in [0.1, 0.15) is 11.4 Å². The minimum Gasteiger partial charge on any atom is -0.497 e. The second-order valence-corrected chi connectivity index (χ2v) is 8.48. The summed E-state index contributed by atoms with van der Waals surface area (Å²) in [5, 5.41) is 8.79. The highest BCUT2D eigenvalue weighted by atomic mass is 35.5. The van der Waals surface area contributed by atoms with Gasteiger partial charge in [-0.15, -0.1) is 0 Å². The molecule has 4 aromatic rings. The van der Waals surface area contributed by atoms with Gasteiger partial charge in [-0.3, -0.25) is 9.89 Å². The zero-order valence-electron chi connectivity index (χ0n) is 17.2.